The van der Waals surface area contributed by atoms with Gasteiger partial charge < -0.3 is 20.1 Å². The van der Waals surface area contributed by atoms with Gasteiger partial charge in [-0.1, -0.05) is 11.6 Å². The Labute approximate surface area is 118 Å². The van der Waals surface area contributed by atoms with E-state index in [1.54, 1.807) is 25.3 Å². The number of ether oxygens (including phenoxy) is 2. The Morgan fingerprint density at radius 2 is 2.11 bits per heavy atom. The first-order chi connectivity index (χ1) is 9.13. The Kier molecular flexibility index (Phi) is 7.25. The van der Waals surface area contributed by atoms with E-state index in [4.69, 9.17) is 21.1 Å². The summed E-state index contributed by atoms with van der Waals surface area (Å²) in [7, 11) is 1.63. The van der Waals surface area contributed by atoms with E-state index >= 15 is 0 Å². The number of hydrogen-bond acceptors (Lipinski definition) is 4. The molecule has 0 spiro atoms. The molecule has 0 aliphatic rings. The number of methoxy groups -OCH3 is 1. The predicted molar refractivity (Wildman–Crippen MR) is 76.9 cm³/mol. The van der Waals surface area contributed by atoms with Crippen molar-refractivity contribution < 1.29 is 14.3 Å². The number of nitrogens with one attached hydrogen (secondary N) is 2. The number of rotatable bonds is 8. The molecule has 0 heterocycles. The topological polar surface area (TPSA) is 59.6 Å². The Morgan fingerprint density at radius 3 is 2.79 bits per heavy atom. The lowest BCUT2D eigenvalue weighted by Crippen LogP contribution is -2.12. The summed E-state index contributed by atoms with van der Waals surface area (Å²) in [6, 6.07) is 5.28. The monoisotopic (exact) mass is 286 g/mol. The second-order valence-electron chi connectivity index (χ2n) is 3.91. The molecule has 1 rings (SSSR count). The maximum Gasteiger partial charge on any atom is 0.221 e. The van der Waals surface area contributed by atoms with E-state index < -0.39 is 0 Å². The summed E-state index contributed by atoms with van der Waals surface area (Å²) >= 11 is 6.06. The molecule has 0 aromatic heterocycles. The average molecular weight is 287 g/mol. The molecular formula is C13H19ClN2O3. The maximum atomic E-state index is 11.0. The molecule has 1 amide bonds. The molecule has 0 fully saturated rings. The SMILES string of the molecule is COCCOCCNc1cc(NC(C)=O)ccc1Cl. The van der Waals surface area contributed by atoms with Gasteiger partial charge in [-0.2, -0.15) is 0 Å². The van der Waals surface area contributed by atoms with Gasteiger partial charge in [-0.15, -0.1) is 0 Å². The standard InChI is InChI=1S/C13H19ClN2O3/c1-10(17)16-11-3-4-12(14)13(9-11)15-5-6-19-8-7-18-2/h3-4,9,15H,5-8H2,1-2H3,(H,16,17). The van der Waals surface area contributed by atoms with Gasteiger partial charge in [0.2, 0.25) is 5.91 Å². The predicted octanol–water partition coefficient (Wildman–Crippen LogP) is 2.37. The van der Waals surface area contributed by atoms with Crippen molar-refractivity contribution in [3.05, 3.63) is 23.2 Å². The van der Waals surface area contributed by atoms with E-state index in [1.165, 1.54) is 6.92 Å². The molecule has 2 N–H and O–H groups in total. The van der Waals surface area contributed by atoms with Crippen LogP contribution in [0.25, 0.3) is 0 Å². The minimum absolute atomic E-state index is 0.115. The van der Waals surface area contributed by atoms with Crippen LogP contribution in [-0.2, 0) is 14.3 Å². The number of carbonyl (C=O) groups is 1. The molecule has 0 bridgehead atoms. The first-order valence-electron chi connectivity index (χ1n) is 6.01. The molecule has 5 nitrogen and oxygen atoms in total. The van der Waals surface area contributed by atoms with Crippen molar-refractivity contribution in [3.63, 3.8) is 0 Å². The fourth-order valence-electron chi connectivity index (χ4n) is 1.44. The lowest BCUT2D eigenvalue weighted by Gasteiger charge is -2.11. The molecule has 106 valence electrons. The van der Waals surface area contributed by atoms with E-state index in [0.717, 1.165) is 5.69 Å². The summed E-state index contributed by atoms with van der Waals surface area (Å²) in [5, 5.41) is 6.46. The highest BCUT2D eigenvalue weighted by molar-refractivity contribution is 6.33. The fraction of sp³-hybridized carbons (Fsp3) is 0.462. The van der Waals surface area contributed by atoms with Crippen molar-refractivity contribution in [2.24, 2.45) is 0 Å². The third-order valence-electron chi connectivity index (χ3n) is 2.28. The van der Waals surface area contributed by atoms with Crippen LogP contribution in [0.5, 0.6) is 0 Å². The Bertz CT molecular complexity index is 413. The van der Waals surface area contributed by atoms with Crippen LogP contribution in [0.4, 0.5) is 11.4 Å². The van der Waals surface area contributed by atoms with Gasteiger partial charge in [0.25, 0.3) is 0 Å². The number of hydrogen-bond donors (Lipinski definition) is 2. The molecule has 0 unspecified atom stereocenters. The lowest BCUT2D eigenvalue weighted by molar-refractivity contribution is -0.114. The molecule has 0 aliphatic heterocycles. The normalized spacial score (nSPS) is 10.3. The van der Waals surface area contributed by atoms with Gasteiger partial charge in [-0.25, -0.2) is 0 Å². The molecule has 1 aromatic rings. The van der Waals surface area contributed by atoms with Crippen LogP contribution in [0.3, 0.4) is 0 Å². The van der Waals surface area contributed by atoms with Gasteiger partial charge >= 0.3 is 0 Å². The van der Waals surface area contributed by atoms with Crippen LogP contribution in [0.1, 0.15) is 6.92 Å². The number of benzene rings is 1. The highest BCUT2D eigenvalue weighted by atomic mass is 35.5. The molecule has 0 saturated heterocycles. The molecule has 0 radical (unpaired) electrons. The van der Waals surface area contributed by atoms with E-state index in [2.05, 4.69) is 10.6 Å². The van der Waals surface area contributed by atoms with Crippen LogP contribution < -0.4 is 10.6 Å². The van der Waals surface area contributed by atoms with Crippen LogP contribution in [-0.4, -0.2) is 39.4 Å². The zero-order chi connectivity index (χ0) is 14.1. The van der Waals surface area contributed by atoms with Crippen molar-refractivity contribution in [2.75, 3.05) is 44.1 Å². The van der Waals surface area contributed by atoms with Crippen LogP contribution in [0.2, 0.25) is 5.02 Å². The second-order valence-corrected chi connectivity index (χ2v) is 4.31. The number of amides is 1. The molecule has 19 heavy (non-hydrogen) atoms. The fourth-order valence-corrected chi connectivity index (χ4v) is 1.63. The van der Waals surface area contributed by atoms with Gasteiger partial charge in [0.15, 0.2) is 0 Å². The largest absolute Gasteiger partial charge is 0.382 e. The van der Waals surface area contributed by atoms with Gasteiger partial charge in [-0.05, 0) is 18.2 Å². The Balaban J connectivity index is 2.41. The number of carbonyl (C=O) groups excluding carboxylic acids is 1. The quantitative estimate of drug-likeness (QED) is 0.720. The molecule has 1 aromatic carbocycles. The molecule has 0 aliphatic carbocycles. The molecular weight excluding hydrogens is 268 g/mol. The zero-order valence-electron chi connectivity index (χ0n) is 11.2. The van der Waals surface area contributed by atoms with Crippen molar-refractivity contribution in [3.8, 4) is 0 Å². The highest BCUT2D eigenvalue weighted by Crippen LogP contribution is 2.25. The van der Waals surface area contributed by atoms with Crippen molar-refractivity contribution in [1.29, 1.82) is 0 Å². The molecule has 0 saturated carbocycles. The van der Waals surface area contributed by atoms with Gasteiger partial charge in [0.1, 0.15) is 0 Å². The minimum Gasteiger partial charge on any atom is -0.382 e. The molecule has 0 atom stereocenters. The van der Waals surface area contributed by atoms with E-state index in [0.29, 0.717) is 37.1 Å². The number of halogens is 1. The van der Waals surface area contributed by atoms with Gasteiger partial charge in [-0.3, -0.25) is 4.79 Å². The van der Waals surface area contributed by atoms with Gasteiger partial charge in [0.05, 0.1) is 30.5 Å². The van der Waals surface area contributed by atoms with Crippen LogP contribution >= 0.6 is 11.6 Å². The minimum atomic E-state index is -0.115. The Morgan fingerprint density at radius 1 is 1.32 bits per heavy atom. The van der Waals surface area contributed by atoms with E-state index in [1.807, 2.05) is 0 Å². The second kappa shape index (κ2) is 8.74. The summed E-state index contributed by atoms with van der Waals surface area (Å²) in [6.07, 6.45) is 0. The molecule has 6 heteroatoms. The third kappa shape index (κ3) is 6.42. The van der Waals surface area contributed by atoms with Crippen molar-refractivity contribution >= 4 is 28.9 Å². The average Bonchev–Trinajstić information content (AvgIpc) is 2.36. The summed E-state index contributed by atoms with van der Waals surface area (Å²) in [4.78, 5) is 11.0. The maximum absolute atomic E-state index is 11.0. The Hall–Kier alpha value is -1.30. The highest BCUT2D eigenvalue weighted by Gasteiger charge is 2.02. The summed E-state index contributed by atoms with van der Waals surface area (Å²) < 4.78 is 10.2. The zero-order valence-corrected chi connectivity index (χ0v) is 11.9. The first kappa shape index (κ1) is 15.8. The number of anilines is 2. The smallest absolute Gasteiger partial charge is 0.221 e. The summed E-state index contributed by atoms with van der Waals surface area (Å²) in [6.45, 7) is 3.80. The lowest BCUT2D eigenvalue weighted by atomic mass is 10.2. The summed E-state index contributed by atoms with van der Waals surface area (Å²) in [5.41, 5.74) is 1.47. The van der Waals surface area contributed by atoms with Crippen molar-refractivity contribution in [1.82, 2.24) is 0 Å². The van der Waals surface area contributed by atoms with Gasteiger partial charge in [0, 0.05) is 26.3 Å². The van der Waals surface area contributed by atoms with E-state index in [9.17, 15) is 4.79 Å². The van der Waals surface area contributed by atoms with Crippen LogP contribution in [0.15, 0.2) is 18.2 Å². The van der Waals surface area contributed by atoms with Crippen molar-refractivity contribution in [2.45, 2.75) is 6.92 Å². The third-order valence-corrected chi connectivity index (χ3v) is 2.61. The summed E-state index contributed by atoms with van der Waals surface area (Å²) in [5.74, 6) is -0.115. The van der Waals surface area contributed by atoms with Crippen LogP contribution in [0, 0.1) is 0 Å². The first-order valence-corrected chi connectivity index (χ1v) is 6.39. The van der Waals surface area contributed by atoms with E-state index in [-0.39, 0.29) is 5.91 Å².